The molecular formula is C29H32BrN3O3S. The van der Waals surface area contributed by atoms with Gasteiger partial charge in [-0.15, -0.1) is 0 Å². The van der Waals surface area contributed by atoms with Gasteiger partial charge >= 0.3 is 0 Å². The molecule has 3 rings (SSSR count). The fourth-order valence-corrected chi connectivity index (χ4v) is 4.29. The predicted octanol–water partition coefficient (Wildman–Crippen LogP) is 7.03. The highest BCUT2D eigenvalue weighted by Crippen LogP contribution is 2.24. The number of carbonyl (C=O) groups is 2. The molecule has 3 aromatic carbocycles. The van der Waals surface area contributed by atoms with Crippen molar-refractivity contribution in [1.29, 1.82) is 0 Å². The molecule has 37 heavy (non-hydrogen) atoms. The summed E-state index contributed by atoms with van der Waals surface area (Å²) in [7, 11) is 0. The van der Waals surface area contributed by atoms with Gasteiger partial charge in [0.15, 0.2) is 5.11 Å². The molecule has 6 nitrogen and oxygen atoms in total. The maximum Gasteiger partial charge on any atom is 0.261 e. The average Bonchev–Trinajstić information content (AvgIpc) is 2.89. The molecule has 0 saturated heterocycles. The maximum atomic E-state index is 13.1. The van der Waals surface area contributed by atoms with Crippen molar-refractivity contribution in [3.63, 3.8) is 0 Å². The quantitative estimate of drug-likeness (QED) is 0.167. The summed E-state index contributed by atoms with van der Waals surface area (Å²) in [6.45, 7) is 4.62. The molecule has 1 unspecified atom stereocenters. The van der Waals surface area contributed by atoms with Crippen LogP contribution in [0.1, 0.15) is 71.9 Å². The molecular weight excluding hydrogens is 550 g/mol. The normalized spacial score (nSPS) is 11.3. The Balaban J connectivity index is 1.65. The van der Waals surface area contributed by atoms with Gasteiger partial charge in [0.2, 0.25) is 0 Å². The molecule has 0 bridgehead atoms. The summed E-state index contributed by atoms with van der Waals surface area (Å²) in [5.74, 6) is -0.156. The maximum absolute atomic E-state index is 13.1. The molecule has 194 valence electrons. The predicted molar refractivity (Wildman–Crippen MR) is 156 cm³/mol. The van der Waals surface area contributed by atoms with Gasteiger partial charge in [0.25, 0.3) is 11.8 Å². The van der Waals surface area contributed by atoms with Gasteiger partial charge in [0, 0.05) is 4.47 Å². The van der Waals surface area contributed by atoms with Gasteiger partial charge in [-0.2, -0.15) is 0 Å². The van der Waals surface area contributed by atoms with E-state index in [1.54, 1.807) is 36.4 Å². The second-order valence-corrected chi connectivity index (χ2v) is 9.93. The van der Waals surface area contributed by atoms with Crippen LogP contribution in [0.2, 0.25) is 0 Å². The number of amides is 2. The fourth-order valence-electron chi connectivity index (χ4n) is 3.73. The zero-order valence-electron chi connectivity index (χ0n) is 21.1. The Kier molecular flexibility index (Phi) is 11.1. The van der Waals surface area contributed by atoms with E-state index < -0.39 is 5.91 Å². The molecule has 0 aliphatic carbocycles. The lowest BCUT2D eigenvalue weighted by molar-refractivity contribution is 0.0939. The number of ether oxygens (including phenoxy) is 1. The first-order chi connectivity index (χ1) is 17.9. The van der Waals surface area contributed by atoms with Gasteiger partial charge in [-0.05, 0) is 61.5 Å². The van der Waals surface area contributed by atoms with Gasteiger partial charge in [-0.1, -0.05) is 84.6 Å². The number of carbonyl (C=O) groups excluding carboxylic acids is 2. The number of hydrogen-bond donors (Lipinski definition) is 3. The largest absolute Gasteiger partial charge is 0.493 e. The van der Waals surface area contributed by atoms with Crippen molar-refractivity contribution in [2.45, 2.75) is 45.6 Å². The van der Waals surface area contributed by atoms with Crippen LogP contribution in [0, 0.1) is 0 Å². The molecule has 0 fully saturated rings. The van der Waals surface area contributed by atoms with E-state index in [2.05, 4.69) is 38.8 Å². The third-order valence-electron chi connectivity index (χ3n) is 5.74. The monoisotopic (exact) mass is 581 g/mol. The first-order valence-electron chi connectivity index (χ1n) is 12.4. The van der Waals surface area contributed by atoms with E-state index in [1.165, 1.54) is 0 Å². The van der Waals surface area contributed by atoms with Crippen molar-refractivity contribution in [3.05, 3.63) is 94.0 Å². The van der Waals surface area contributed by atoms with E-state index in [9.17, 15) is 9.59 Å². The molecule has 0 saturated carbocycles. The first-order valence-corrected chi connectivity index (χ1v) is 13.6. The van der Waals surface area contributed by atoms with Gasteiger partial charge in [-0.3, -0.25) is 14.9 Å². The number of halogens is 1. The van der Waals surface area contributed by atoms with E-state index in [1.807, 2.05) is 43.3 Å². The van der Waals surface area contributed by atoms with Crippen molar-refractivity contribution in [1.82, 2.24) is 10.6 Å². The number of rotatable bonds is 11. The van der Waals surface area contributed by atoms with Crippen LogP contribution in [0.25, 0.3) is 0 Å². The Morgan fingerprint density at radius 2 is 1.65 bits per heavy atom. The second kappa shape index (κ2) is 14.5. The highest BCUT2D eigenvalue weighted by atomic mass is 79.9. The van der Waals surface area contributed by atoms with Crippen molar-refractivity contribution in [2.24, 2.45) is 0 Å². The molecule has 3 N–H and O–H groups in total. The van der Waals surface area contributed by atoms with Crippen LogP contribution in [0.3, 0.4) is 0 Å². The van der Waals surface area contributed by atoms with Crippen molar-refractivity contribution >= 4 is 50.8 Å². The molecule has 0 aromatic heterocycles. The molecule has 0 spiro atoms. The number of thiocarbonyl (C=S) groups is 1. The smallest absolute Gasteiger partial charge is 0.261 e. The number of hydrogen-bond acceptors (Lipinski definition) is 4. The molecule has 1 atom stereocenters. The topological polar surface area (TPSA) is 79.5 Å². The van der Waals surface area contributed by atoms with E-state index in [4.69, 9.17) is 17.0 Å². The van der Waals surface area contributed by atoms with E-state index in [-0.39, 0.29) is 17.1 Å². The van der Waals surface area contributed by atoms with Gasteiger partial charge in [0.1, 0.15) is 5.75 Å². The number of para-hydroxylation sites is 1. The number of unbranched alkanes of at least 4 members (excludes halogenated alkanes) is 3. The van der Waals surface area contributed by atoms with Crippen molar-refractivity contribution in [2.75, 3.05) is 11.9 Å². The molecule has 2 amide bonds. The van der Waals surface area contributed by atoms with Crippen LogP contribution in [0.4, 0.5) is 5.69 Å². The molecule has 0 aliphatic rings. The Labute approximate surface area is 232 Å². The summed E-state index contributed by atoms with van der Waals surface area (Å²) in [6, 6.07) is 21.9. The second-order valence-electron chi connectivity index (χ2n) is 8.61. The molecule has 8 heteroatoms. The number of anilines is 1. The summed E-state index contributed by atoms with van der Waals surface area (Å²) in [5, 5.41) is 8.78. The fraction of sp³-hybridized carbons (Fsp3) is 0.276. The molecule has 0 radical (unpaired) electrons. The Morgan fingerprint density at radius 1 is 0.919 bits per heavy atom. The summed E-state index contributed by atoms with van der Waals surface area (Å²) >= 11 is 8.83. The van der Waals surface area contributed by atoms with E-state index in [0.29, 0.717) is 29.2 Å². The van der Waals surface area contributed by atoms with Crippen LogP contribution in [0.15, 0.2) is 77.3 Å². The Hall–Kier alpha value is -3.23. The van der Waals surface area contributed by atoms with E-state index >= 15 is 0 Å². The third-order valence-corrected chi connectivity index (χ3v) is 6.43. The lowest BCUT2D eigenvalue weighted by Crippen LogP contribution is -2.35. The molecule has 3 aromatic rings. The lowest BCUT2D eigenvalue weighted by atomic mass is 10.1. The van der Waals surface area contributed by atoms with Crippen LogP contribution < -0.4 is 20.7 Å². The summed E-state index contributed by atoms with van der Waals surface area (Å²) in [4.78, 5) is 26.1. The average molecular weight is 583 g/mol. The minimum atomic E-state index is -0.401. The zero-order valence-corrected chi connectivity index (χ0v) is 23.5. The zero-order chi connectivity index (χ0) is 26.6. The summed E-state index contributed by atoms with van der Waals surface area (Å²) < 4.78 is 6.64. The molecule has 0 aliphatic heterocycles. The van der Waals surface area contributed by atoms with Gasteiger partial charge in [0.05, 0.1) is 29.5 Å². The van der Waals surface area contributed by atoms with Crippen molar-refractivity contribution in [3.8, 4) is 5.75 Å². The Morgan fingerprint density at radius 3 is 2.41 bits per heavy atom. The van der Waals surface area contributed by atoms with Gasteiger partial charge in [-0.25, -0.2) is 0 Å². The summed E-state index contributed by atoms with van der Waals surface area (Å²) in [6.07, 6.45) is 4.31. The Bertz CT molecular complexity index is 1220. The lowest BCUT2D eigenvalue weighted by Gasteiger charge is -2.17. The van der Waals surface area contributed by atoms with Crippen LogP contribution >= 0.6 is 28.1 Å². The molecule has 0 heterocycles. The highest BCUT2D eigenvalue weighted by Gasteiger charge is 2.18. The minimum Gasteiger partial charge on any atom is -0.493 e. The SMILES string of the molecule is CCCCCCOc1ccc(Br)cc1C(=O)NC(=S)Nc1ccccc1C(=O)NC(C)c1ccccc1. The van der Waals surface area contributed by atoms with E-state index in [0.717, 1.165) is 35.7 Å². The highest BCUT2D eigenvalue weighted by molar-refractivity contribution is 9.10. The van der Waals surface area contributed by atoms with Crippen molar-refractivity contribution < 1.29 is 14.3 Å². The standard InChI is InChI=1S/C29H32BrN3O3S/c1-3-4-5-11-18-36-26-17-16-22(30)19-24(26)28(35)33-29(37)32-25-15-10-9-14-23(25)27(34)31-20(2)21-12-7-6-8-13-21/h6-10,12-17,19-20H,3-5,11,18H2,1-2H3,(H,31,34)(H2,32,33,35,37). The number of benzene rings is 3. The van der Waals surface area contributed by atoms with Crippen LogP contribution in [-0.2, 0) is 0 Å². The number of nitrogens with one attached hydrogen (secondary N) is 3. The van der Waals surface area contributed by atoms with Crippen LogP contribution in [0.5, 0.6) is 5.75 Å². The minimum absolute atomic E-state index is 0.0789. The van der Waals surface area contributed by atoms with Gasteiger partial charge < -0.3 is 15.4 Å². The summed E-state index contributed by atoms with van der Waals surface area (Å²) in [5.41, 5.74) is 2.28. The third kappa shape index (κ3) is 8.68. The van der Waals surface area contributed by atoms with Crippen LogP contribution in [-0.4, -0.2) is 23.5 Å². The first kappa shape index (κ1) is 28.3.